The number of phenolic OH excluding ortho intramolecular Hbond substituents is 1. The number of furan rings is 1. The lowest BCUT2D eigenvalue weighted by atomic mass is 9.57. The summed E-state index contributed by atoms with van der Waals surface area (Å²) < 4.78 is 6.03. The van der Waals surface area contributed by atoms with E-state index >= 15 is 0 Å². The van der Waals surface area contributed by atoms with Crippen molar-refractivity contribution in [1.82, 2.24) is 9.80 Å². The molecule has 3 aliphatic carbocycles. The van der Waals surface area contributed by atoms with Gasteiger partial charge in [-0.15, -0.1) is 0 Å². The van der Waals surface area contributed by atoms with Crippen molar-refractivity contribution in [3.8, 4) is 17.1 Å². The summed E-state index contributed by atoms with van der Waals surface area (Å²) in [5.74, 6) is -5.59. The summed E-state index contributed by atoms with van der Waals surface area (Å²) >= 11 is 0. The number of rotatable bonds is 5. The zero-order valence-corrected chi connectivity index (χ0v) is 22.1. The summed E-state index contributed by atoms with van der Waals surface area (Å²) in [5, 5.41) is 44.7. The summed E-state index contributed by atoms with van der Waals surface area (Å²) in [4.78, 5) is 42.6. The molecule has 0 saturated heterocycles. The fourth-order valence-corrected chi connectivity index (χ4v) is 6.39. The largest absolute Gasteiger partial charge is 0.508 e. The number of nitrogens with two attached hydrogens (primary N) is 1. The van der Waals surface area contributed by atoms with Gasteiger partial charge in [0.05, 0.1) is 18.2 Å². The number of aromatic hydroxyl groups is 1. The smallest absolute Gasteiger partial charge is 0.255 e. The number of hydrogen-bond donors (Lipinski definition) is 5. The summed E-state index contributed by atoms with van der Waals surface area (Å²) in [6.07, 6.45) is 0.201. The van der Waals surface area contributed by atoms with Crippen LogP contribution >= 0.6 is 0 Å². The topological polar surface area (TPSA) is 178 Å². The van der Waals surface area contributed by atoms with E-state index in [4.69, 9.17) is 10.2 Å². The molecule has 0 aliphatic heterocycles. The van der Waals surface area contributed by atoms with E-state index in [-0.39, 0.29) is 29.7 Å². The van der Waals surface area contributed by atoms with E-state index in [9.17, 15) is 34.8 Å². The van der Waals surface area contributed by atoms with Crippen LogP contribution in [0.2, 0.25) is 0 Å². The molecule has 1 aromatic heterocycles. The Bertz CT molecular complexity index is 1480. The molecule has 1 unspecified atom stereocenters. The molecule has 0 spiro atoms. The van der Waals surface area contributed by atoms with Crippen LogP contribution in [0.15, 0.2) is 45.6 Å². The molecule has 11 nitrogen and oxygen atoms in total. The number of likely N-dealkylation sites (N-methyl/N-ethyl adjacent to an activating group) is 1. The first kappa shape index (κ1) is 26.7. The lowest BCUT2D eigenvalue weighted by Gasteiger charge is -2.50. The van der Waals surface area contributed by atoms with Crippen molar-refractivity contribution in [2.24, 2.45) is 17.6 Å². The Morgan fingerprint density at radius 2 is 1.79 bits per heavy atom. The summed E-state index contributed by atoms with van der Waals surface area (Å²) in [6, 6.07) is 5.55. The molecule has 1 heterocycles. The molecule has 206 valence electrons. The number of amides is 1. The third-order valence-corrected chi connectivity index (χ3v) is 8.00. The monoisotopic (exact) mass is 537 g/mol. The Labute approximate surface area is 224 Å². The van der Waals surface area contributed by atoms with E-state index in [0.717, 1.165) is 0 Å². The van der Waals surface area contributed by atoms with Crippen LogP contribution in [-0.2, 0) is 27.3 Å². The van der Waals surface area contributed by atoms with Crippen molar-refractivity contribution in [3.05, 3.63) is 58.1 Å². The van der Waals surface area contributed by atoms with Gasteiger partial charge < -0.3 is 35.5 Å². The molecule has 3 aliphatic rings. The van der Waals surface area contributed by atoms with E-state index < -0.39 is 58.0 Å². The number of carbonyl (C=O) groups is 3. The molecule has 1 aromatic carbocycles. The second-order valence-corrected chi connectivity index (χ2v) is 11.0. The van der Waals surface area contributed by atoms with Gasteiger partial charge in [0, 0.05) is 17.1 Å². The molecule has 4 atom stereocenters. The van der Waals surface area contributed by atoms with Crippen LogP contribution in [0.25, 0.3) is 17.1 Å². The predicted octanol–water partition coefficient (Wildman–Crippen LogP) is 1.29. The summed E-state index contributed by atoms with van der Waals surface area (Å²) in [6.45, 7) is 0.567. The Kier molecular flexibility index (Phi) is 6.21. The number of benzene rings is 1. The summed E-state index contributed by atoms with van der Waals surface area (Å²) in [5.41, 5.74) is 2.85. The van der Waals surface area contributed by atoms with Crippen molar-refractivity contribution in [3.63, 3.8) is 0 Å². The third kappa shape index (κ3) is 3.80. The number of nitrogens with zero attached hydrogens (tertiary/aromatic N) is 2. The minimum atomic E-state index is -2.67. The predicted molar refractivity (Wildman–Crippen MR) is 139 cm³/mol. The highest BCUT2D eigenvalue weighted by Gasteiger charge is 2.64. The second-order valence-electron chi connectivity index (χ2n) is 11.0. The van der Waals surface area contributed by atoms with Gasteiger partial charge in [0.2, 0.25) is 5.78 Å². The van der Waals surface area contributed by atoms with Gasteiger partial charge in [-0.2, -0.15) is 0 Å². The lowest BCUT2D eigenvalue weighted by Crippen LogP contribution is -2.65. The molecular formula is C28H31N3O8. The van der Waals surface area contributed by atoms with Crippen LogP contribution in [0, 0.1) is 11.8 Å². The van der Waals surface area contributed by atoms with E-state index in [1.54, 1.807) is 26.2 Å². The van der Waals surface area contributed by atoms with Gasteiger partial charge in [-0.05, 0) is 76.8 Å². The highest BCUT2D eigenvalue weighted by molar-refractivity contribution is 6.24. The number of Topliss-reactive ketones (excluding diaryl/α,β-unsaturated/α-hetero) is 2. The van der Waals surface area contributed by atoms with Crippen LogP contribution in [0.5, 0.6) is 5.75 Å². The first-order chi connectivity index (χ1) is 18.3. The third-order valence-electron chi connectivity index (χ3n) is 8.00. The quantitative estimate of drug-likeness (QED) is 0.349. The molecule has 1 fully saturated rings. The number of primary amides is 1. The van der Waals surface area contributed by atoms with E-state index in [2.05, 4.69) is 0 Å². The molecule has 2 aromatic rings. The van der Waals surface area contributed by atoms with Crippen LogP contribution in [0.3, 0.4) is 0 Å². The van der Waals surface area contributed by atoms with Crippen molar-refractivity contribution >= 4 is 23.2 Å². The number of phenols is 1. The molecule has 6 N–H and O–H groups in total. The van der Waals surface area contributed by atoms with Gasteiger partial charge in [-0.25, -0.2) is 0 Å². The fraction of sp³-hybridized carbons (Fsp3) is 0.393. The van der Waals surface area contributed by atoms with Crippen molar-refractivity contribution in [2.45, 2.75) is 31.0 Å². The van der Waals surface area contributed by atoms with E-state index in [1.807, 2.05) is 25.1 Å². The number of aliphatic hydroxyl groups is 3. The van der Waals surface area contributed by atoms with Crippen LogP contribution < -0.4 is 5.73 Å². The average Bonchev–Trinajstić information content (AvgIpc) is 3.28. The van der Waals surface area contributed by atoms with Crippen LogP contribution in [-0.4, -0.2) is 87.5 Å². The standard InChI is InChI=1S/C28H31N3O8/c1-30(2)11-13-5-8-18(39-13)14-6-7-17(32)20-15(14)9-12-10-16-22(31(3)4)24(34)21(27(29)37)26(36)28(16,38)25(35)19(12)23(20)33/h5-8,12,16,22,32-33,36,38H,9-11H2,1-4H3,(H2,29,37)/t12-,16-,22?,28-/m1/s1. The molecule has 5 rings (SSSR count). The van der Waals surface area contributed by atoms with Crippen LogP contribution in [0.4, 0.5) is 0 Å². The van der Waals surface area contributed by atoms with Gasteiger partial charge >= 0.3 is 0 Å². The first-order valence-electron chi connectivity index (χ1n) is 12.5. The molecular weight excluding hydrogens is 506 g/mol. The maximum Gasteiger partial charge on any atom is 0.255 e. The molecule has 0 radical (unpaired) electrons. The van der Waals surface area contributed by atoms with Gasteiger partial charge in [0.1, 0.15) is 34.4 Å². The Morgan fingerprint density at radius 3 is 2.41 bits per heavy atom. The minimum Gasteiger partial charge on any atom is -0.508 e. The number of carbonyl (C=O) groups excluding carboxylic acids is 3. The number of fused-ring (bicyclic) bond motifs is 3. The van der Waals surface area contributed by atoms with Crippen molar-refractivity contribution in [2.75, 3.05) is 28.2 Å². The SMILES string of the molecule is CN(C)Cc1ccc(-c2ccc(O)c3c2C[C@@H]2C[C@@H]4C(N(C)C)C(=O)C(C(N)=O)=C(O)[C@]4(O)C(=O)C2=C3O)o1. The zero-order valence-electron chi connectivity index (χ0n) is 22.1. The molecule has 11 heteroatoms. The Morgan fingerprint density at radius 1 is 1.10 bits per heavy atom. The minimum absolute atomic E-state index is 0.0187. The molecule has 1 amide bonds. The van der Waals surface area contributed by atoms with Crippen molar-refractivity contribution < 1.29 is 39.2 Å². The number of ketones is 2. The van der Waals surface area contributed by atoms with Gasteiger partial charge in [-0.1, -0.05) is 0 Å². The summed E-state index contributed by atoms with van der Waals surface area (Å²) in [7, 11) is 6.94. The fourth-order valence-electron chi connectivity index (χ4n) is 6.39. The van der Waals surface area contributed by atoms with Gasteiger partial charge in [-0.3, -0.25) is 19.3 Å². The Balaban J connectivity index is 1.69. The van der Waals surface area contributed by atoms with Gasteiger partial charge in [0.15, 0.2) is 11.4 Å². The van der Waals surface area contributed by atoms with E-state index in [1.165, 1.54) is 11.0 Å². The molecule has 39 heavy (non-hydrogen) atoms. The molecule has 0 bridgehead atoms. The Hall–Kier alpha value is -3.93. The van der Waals surface area contributed by atoms with Gasteiger partial charge in [0.25, 0.3) is 5.91 Å². The average molecular weight is 538 g/mol. The highest BCUT2D eigenvalue weighted by Crippen LogP contribution is 2.53. The second kappa shape index (κ2) is 9.08. The zero-order chi connectivity index (χ0) is 28.5. The highest BCUT2D eigenvalue weighted by atomic mass is 16.4. The molecule has 1 saturated carbocycles. The maximum atomic E-state index is 13.9. The van der Waals surface area contributed by atoms with Crippen molar-refractivity contribution in [1.29, 1.82) is 0 Å². The number of hydrogen-bond acceptors (Lipinski definition) is 10. The van der Waals surface area contributed by atoms with Crippen LogP contribution in [0.1, 0.15) is 23.3 Å². The number of aliphatic hydroxyl groups excluding tert-OH is 2. The first-order valence-corrected chi connectivity index (χ1v) is 12.5. The maximum absolute atomic E-state index is 13.9. The van der Waals surface area contributed by atoms with E-state index in [0.29, 0.717) is 29.2 Å². The lowest BCUT2D eigenvalue weighted by molar-refractivity contribution is -0.153. The normalized spacial score (nSPS) is 26.7.